The first-order chi connectivity index (χ1) is 13.1. The molecule has 1 saturated heterocycles. The molecule has 0 saturated carbocycles. The summed E-state index contributed by atoms with van der Waals surface area (Å²) in [7, 11) is 0. The van der Waals surface area contributed by atoms with Crippen molar-refractivity contribution in [2.24, 2.45) is 0 Å². The van der Waals surface area contributed by atoms with E-state index >= 15 is 0 Å². The molecule has 1 aromatic carbocycles. The maximum absolute atomic E-state index is 13.8. The minimum absolute atomic E-state index is 0.00875. The first kappa shape index (κ1) is 17.5. The lowest BCUT2D eigenvalue weighted by Crippen LogP contribution is -2.47. The maximum Gasteiger partial charge on any atom is 0.244 e. The van der Waals surface area contributed by atoms with Gasteiger partial charge in [0, 0.05) is 37.9 Å². The Labute approximate surface area is 156 Å². The van der Waals surface area contributed by atoms with Gasteiger partial charge in [0.15, 0.2) is 5.82 Å². The van der Waals surface area contributed by atoms with Crippen LogP contribution in [0.15, 0.2) is 41.1 Å². The second-order valence-corrected chi connectivity index (χ2v) is 6.70. The first-order valence-corrected chi connectivity index (χ1v) is 8.98. The van der Waals surface area contributed by atoms with Crippen LogP contribution in [0.5, 0.6) is 0 Å². The molecular weight excluding hydrogens is 347 g/mol. The number of hydrogen-bond donors (Lipinski definition) is 0. The topological polar surface area (TPSA) is 71.2 Å². The van der Waals surface area contributed by atoms with Crippen LogP contribution in [-0.2, 0) is 0 Å². The van der Waals surface area contributed by atoms with E-state index < -0.39 is 0 Å². The Balaban J connectivity index is 1.42. The quantitative estimate of drug-likeness (QED) is 0.701. The smallest absolute Gasteiger partial charge is 0.244 e. The number of nitrogens with zero attached hydrogens (tertiary/aromatic N) is 6. The van der Waals surface area contributed by atoms with E-state index in [0.29, 0.717) is 22.8 Å². The van der Waals surface area contributed by atoms with Crippen molar-refractivity contribution in [2.75, 3.05) is 31.1 Å². The molecule has 140 valence electrons. The van der Waals surface area contributed by atoms with Crippen LogP contribution in [0.1, 0.15) is 24.4 Å². The number of rotatable bonds is 4. The lowest BCUT2D eigenvalue weighted by atomic mass is 10.1. The molecule has 0 unspecified atom stereocenters. The molecule has 0 N–H and O–H groups in total. The predicted octanol–water partition coefficient (Wildman–Crippen LogP) is 2.86. The molecule has 0 spiro atoms. The molecule has 0 radical (unpaired) electrons. The van der Waals surface area contributed by atoms with Crippen molar-refractivity contribution in [1.29, 1.82) is 0 Å². The summed E-state index contributed by atoms with van der Waals surface area (Å²) < 4.78 is 19.2. The van der Waals surface area contributed by atoms with Gasteiger partial charge in [-0.3, -0.25) is 4.90 Å². The molecule has 8 heteroatoms. The Morgan fingerprint density at radius 3 is 2.67 bits per heavy atom. The normalized spacial score (nSPS) is 16.5. The SMILES string of the molecule is Cc1ccc(-c2noc([C@H](C)N3CCN(c4cccnn4)CC3)n2)cc1F. The van der Waals surface area contributed by atoms with Crippen molar-refractivity contribution in [3.63, 3.8) is 0 Å². The summed E-state index contributed by atoms with van der Waals surface area (Å²) in [6.07, 6.45) is 1.68. The molecule has 1 aliphatic rings. The van der Waals surface area contributed by atoms with Crippen LogP contribution >= 0.6 is 0 Å². The van der Waals surface area contributed by atoms with E-state index in [-0.39, 0.29) is 11.9 Å². The molecule has 2 aromatic heterocycles. The summed E-state index contributed by atoms with van der Waals surface area (Å²) >= 11 is 0. The Hall–Kier alpha value is -2.87. The van der Waals surface area contributed by atoms with Gasteiger partial charge in [0.1, 0.15) is 5.82 Å². The number of halogens is 1. The third-order valence-electron chi connectivity index (χ3n) is 4.97. The zero-order chi connectivity index (χ0) is 18.8. The van der Waals surface area contributed by atoms with Gasteiger partial charge in [0.2, 0.25) is 11.7 Å². The van der Waals surface area contributed by atoms with Crippen molar-refractivity contribution < 1.29 is 8.91 Å². The number of aromatic nitrogens is 4. The zero-order valence-electron chi connectivity index (χ0n) is 15.3. The number of benzene rings is 1. The standard InChI is InChI=1S/C19H21FN6O/c1-13-5-6-15(12-16(13)20)18-22-19(27-24-18)14(2)25-8-10-26(11-9-25)17-4-3-7-21-23-17/h3-7,12,14H,8-11H2,1-2H3/t14-/m0/s1. The summed E-state index contributed by atoms with van der Waals surface area (Å²) in [5.74, 6) is 1.58. The van der Waals surface area contributed by atoms with Gasteiger partial charge in [-0.05, 0) is 37.6 Å². The minimum Gasteiger partial charge on any atom is -0.353 e. The van der Waals surface area contributed by atoms with Gasteiger partial charge in [-0.25, -0.2) is 4.39 Å². The third kappa shape index (κ3) is 3.66. The zero-order valence-corrected chi connectivity index (χ0v) is 15.3. The molecule has 3 aromatic rings. The summed E-state index contributed by atoms with van der Waals surface area (Å²) in [6, 6.07) is 8.81. The van der Waals surface area contributed by atoms with Crippen molar-refractivity contribution in [1.82, 2.24) is 25.2 Å². The molecule has 1 aliphatic heterocycles. The van der Waals surface area contributed by atoms with Crippen LogP contribution in [0.2, 0.25) is 0 Å². The second-order valence-electron chi connectivity index (χ2n) is 6.70. The van der Waals surface area contributed by atoms with E-state index in [2.05, 4.69) is 30.1 Å². The number of aryl methyl sites for hydroxylation is 1. The molecular formula is C19H21FN6O. The molecule has 7 nitrogen and oxygen atoms in total. The second kappa shape index (κ2) is 7.40. The van der Waals surface area contributed by atoms with Crippen LogP contribution in [0.25, 0.3) is 11.4 Å². The van der Waals surface area contributed by atoms with Crippen LogP contribution < -0.4 is 4.90 Å². The van der Waals surface area contributed by atoms with Crippen molar-refractivity contribution in [3.05, 3.63) is 53.8 Å². The highest BCUT2D eigenvalue weighted by molar-refractivity contribution is 5.55. The number of anilines is 1. The fraction of sp³-hybridized carbons (Fsp3) is 0.368. The Bertz CT molecular complexity index is 908. The van der Waals surface area contributed by atoms with Crippen molar-refractivity contribution in [2.45, 2.75) is 19.9 Å². The van der Waals surface area contributed by atoms with Gasteiger partial charge in [0.05, 0.1) is 6.04 Å². The van der Waals surface area contributed by atoms with E-state index in [4.69, 9.17) is 4.52 Å². The minimum atomic E-state index is -0.271. The highest BCUT2D eigenvalue weighted by Gasteiger charge is 2.26. The fourth-order valence-electron chi connectivity index (χ4n) is 3.21. The summed E-state index contributed by atoms with van der Waals surface area (Å²) in [5.41, 5.74) is 1.21. The van der Waals surface area contributed by atoms with E-state index in [1.54, 1.807) is 25.3 Å². The van der Waals surface area contributed by atoms with Crippen molar-refractivity contribution in [3.8, 4) is 11.4 Å². The largest absolute Gasteiger partial charge is 0.353 e. The molecule has 4 rings (SSSR count). The molecule has 27 heavy (non-hydrogen) atoms. The highest BCUT2D eigenvalue weighted by Crippen LogP contribution is 2.25. The van der Waals surface area contributed by atoms with Gasteiger partial charge < -0.3 is 9.42 Å². The van der Waals surface area contributed by atoms with Crippen LogP contribution in [0.3, 0.4) is 0 Å². The van der Waals surface area contributed by atoms with Crippen molar-refractivity contribution >= 4 is 5.82 Å². The Morgan fingerprint density at radius 2 is 1.96 bits per heavy atom. The highest BCUT2D eigenvalue weighted by atomic mass is 19.1. The van der Waals surface area contributed by atoms with E-state index in [1.807, 2.05) is 19.1 Å². The van der Waals surface area contributed by atoms with Gasteiger partial charge >= 0.3 is 0 Å². The average molecular weight is 368 g/mol. The maximum atomic E-state index is 13.8. The monoisotopic (exact) mass is 368 g/mol. The van der Waals surface area contributed by atoms with E-state index in [1.165, 1.54) is 6.07 Å². The molecule has 3 heterocycles. The van der Waals surface area contributed by atoms with Crippen LogP contribution in [-0.4, -0.2) is 51.4 Å². The lowest BCUT2D eigenvalue weighted by molar-refractivity contribution is 0.164. The van der Waals surface area contributed by atoms with Crippen LogP contribution in [0.4, 0.5) is 10.2 Å². The van der Waals surface area contributed by atoms with E-state index in [9.17, 15) is 4.39 Å². The summed E-state index contributed by atoms with van der Waals surface area (Å²) in [6.45, 7) is 7.19. The van der Waals surface area contributed by atoms with Gasteiger partial charge in [0.25, 0.3) is 0 Å². The Kier molecular flexibility index (Phi) is 4.81. The van der Waals surface area contributed by atoms with Gasteiger partial charge in [-0.1, -0.05) is 17.3 Å². The Morgan fingerprint density at radius 1 is 1.15 bits per heavy atom. The average Bonchev–Trinajstić information content (AvgIpc) is 3.20. The third-order valence-corrected chi connectivity index (χ3v) is 4.97. The van der Waals surface area contributed by atoms with E-state index in [0.717, 1.165) is 32.0 Å². The predicted molar refractivity (Wildman–Crippen MR) is 98.7 cm³/mol. The summed E-state index contributed by atoms with van der Waals surface area (Å²) in [4.78, 5) is 8.99. The molecule has 0 aliphatic carbocycles. The van der Waals surface area contributed by atoms with Gasteiger partial charge in [-0.15, -0.1) is 5.10 Å². The molecule has 0 bridgehead atoms. The van der Waals surface area contributed by atoms with Gasteiger partial charge in [-0.2, -0.15) is 10.1 Å². The first-order valence-electron chi connectivity index (χ1n) is 8.98. The molecule has 1 atom stereocenters. The number of hydrogen-bond acceptors (Lipinski definition) is 7. The molecule has 1 fully saturated rings. The lowest BCUT2D eigenvalue weighted by Gasteiger charge is -2.37. The molecule has 0 amide bonds. The van der Waals surface area contributed by atoms with Crippen LogP contribution in [0, 0.1) is 12.7 Å². The summed E-state index contributed by atoms with van der Waals surface area (Å²) in [5, 5.41) is 12.1. The fourth-order valence-corrected chi connectivity index (χ4v) is 3.21. The number of piperazine rings is 1.